The van der Waals surface area contributed by atoms with Crippen LogP contribution in [0, 0.1) is 5.41 Å². The van der Waals surface area contributed by atoms with Gasteiger partial charge in [-0.15, -0.1) is 0 Å². The Hall–Kier alpha value is -1.10. The summed E-state index contributed by atoms with van der Waals surface area (Å²) >= 11 is 0. The van der Waals surface area contributed by atoms with Crippen molar-refractivity contribution < 1.29 is 9.59 Å². The molecule has 19 heavy (non-hydrogen) atoms. The highest BCUT2D eigenvalue weighted by molar-refractivity contribution is 5.83. The van der Waals surface area contributed by atoms with E-state index in [1.165, 1.54) is 0 Å². The number of nitrogens with one attached hydrogen (secondary N) is 1. The van der Waals surface area contributed by atoms with E-state index in [-0.39, 0.29) is 11.8 Å². The van der Waals surface area contributed by atoms with Crippen LogP contribution in [-0.4, -0.2) is 42.9 Å². The molecule has 3 N–H and O–H groups in total. The molecule has 5 heteroatoms. The minimum Gasteiger partial charge on any atom is -0.355 e. The molecular formula is C14H29N3O2. The summed E-state index contributed by atoms with van der Waals surface area (Å²) in [5, 5.41) is 2.84. The van der Waals surface area contributed by atoms with Gasteiger partial charge >= 0.3 is 0 Å². The Bertz CT molecular complexity index is 276. The maximum Gasteiger partial charge on any atom is 0.227 e. The number of carbonyl (C=O) groups excluding carboxylic acids is 2. The monoisotopic (exact) mass is 271 g/mol. The van der Waals surface area contributed by atoms with E-state index in [4.69, 9.17) is 5.73 Å². The topological polar surface area (TPSA) is 75.4 Å². The molecule has 0 aliphatic rings. The molecule has 0 bridgehead atoms. The molecule has 0 fully saturated rings. The van der Waals surface area contributed by atoms with E-state index in [0.717, 1.165) is 12.8 Å². The summed E-state index contributed by atoms with van der Waals surface area (Å²) in [6.45, 7) is 9.99. The summed E-state index contributed by atoms with van der Waals surface area (Å²) in [5.74, 6) is 0.0454. The van der Waals surface area contributed by atoms with Crippen LogP contribution in [0.5, 0.6) is 0 Å². The summed E-state index contributed by atoms with van der Waals surface area (Å²) in [4.78, 5) is 25.7. The van der Waals surface area contributed by atoms with E-state index in [1.54, 1.807) is 4.90 Å². The van der Waals surface area contributed by atoms with Crippen molar-refractivity contribution in [2.75, 3.05) is 26.2 Å². The average Bonchev–Trinajstić information content (AvgIpc) is 2.42. The predicted molar refractivity (Wildman–Crippen MR) is 77.6 cm³/mol. The minimum atomic E-state index is -0.488. The highest BCUT2D eigenvalue weighted by atomic mass is 16.2. The summed E-state index contributed by atoms with van der Waals surface area (Å²) in [6.07, 6.45) is 1.78. The van der Waals surface area contributed by atoms with Gasteiger partial charge in [0, 0.05) is 32.6 Å². The van der Waals surface area contributed by atoms with Crippen LogP contribution in [0.4, 0.5) is 0 Å². The first-order valence-corrected chi connectivity index (χ1v) is 7.27. The van der Waals surface area contributed by atoms with Gasteiger partial charge in [-0.1, -0.05) is 13.8 Å². The number of rotatable bonds is 9. The average molecular weight is 271 g/mol. The normalized spacial score (nSPS) is 11.2. The molecule has 0 aromatic rings. The quantitative estimate of drug-likeness (QED) is 0.660. The van der Waals surface area contributed by atoms with E-state index in [1.807, 2.05) is 27.7 Å². The molecule has 0 spiro atoms. The Kier molecular flexibility index (Phi) is 8.39. The number of nitrogens with two attached hydrogens (primary N) is 1. The Morgan fingerprint density at radius 2 is 1.63 bits per heavy atom. The molecule has 0 aromatic heterocycles. The zero-order valence-corrected chi connectivity index (χ0v) is 12.8. The fourth-order valence-electron chi connectivity index (χ4n) is 2.16. The van der Waals surface area contributed by atoms with E-state index < -0.39 is 5.41 Å². The largest absolute Gasteiger partial charge is 0.355 e. The molecule has 0 radical (unpaired) electrons. The van der Waals surface area contributed by atoms with Crippen molar-refractivity contribution in [2.24, 2.45) is 11.1 Å². The molecule has 0 rings (SSSR count). The smallest absolute Gasteiger partial charge is 0.227 e. The summed E-state index contributed by atoms with van der Waals surface area (Å²) in [7, 11) is 0. The molecule has 0 aliphatic carbocycles. The van der Waals surface area contributed by atoms with Crippen molar-refractivity contribution >= 4 is 11.8 Å². The third kappa shape index (κ3) is 4.82. The lowest BCUT2D eigenvalue weighted by atomic mass is 9.81. The summed E-state index contributed by atoms with van der Waals surface area (Å²) < 4.78 is 0. The van der Waals surface area contributed by atoms with Crippen LogP contribution in [0.3, 0.4) is 0 Å². The van der Waals surface area contributed by atoms with Gasteiger partial charge < -0.3 is 16.0 Å². The number of carbonyl (C=O) groups is 2. The second-order valence-corrected chi connectivity index (χ2v) is 4.76. The number of hydrogen-bond donors (Lipinski definition) is 2. The molecule has 0 saturated carbocycles. The van der Waals surface area contributed by atoms with Crippen molar-refractivity contribution in [3.8, 4) is 0 Å². The summed E-state index contributed by atoms with van der Waals surface area (Å²) in [6, 6.07) is 0. The number of nitrogens with zero attached hydrogens (tertiary/aromatic N) is 1. The summed E-state index contributed by atoms with van der Waals surface area (Å²) in [5.41, 5.74) is 5.23. The lowest BCUT2D eigenvalue weighted by Crippen LogP contribution is -2.46. The zero-order valence-electron chi connectivity index (χ0n) is 12.8. The first-order chi connectivity index (χ1) is 9.01. The lowest BCUT2D eigenvalue weighted by Gasteiger charge is -2.28. The van der Waals surface area contributed by atoms with Crippen LogP contribution >= 0.6 is 0 Å². The standard InChI is InChI=1S/C14H29N3O2/c1-5-14(6-2,11-15)13(19)16-10-9-12(18)17(7-3)8-4/h5-11,15H2,1-4H3,(H,16,19). The number of amides is 2. The van der Waals surface area contributed by atoms with Crippen LogP contribution in [0.15, 0.2) is 0 Å². The molecular weight excluding hydrogens is 242 g/mol. The van der Waals surface area contributed by atoms with Crippen molar-refractivity contribution in [2.45, 2.75) is 47.0 Å². The Morgan fingerprint density at radius 1 is 1.11 bits per heavy atom. The fourth-order valence-corrected chi connectivity index (χ4v) is 2.16. The van der Waals surface area contributed by atoms with Crippen LogP contribution in [0.25, 0.3) is 0 Å². The third-order valence-electron chi connectivity index (χ3n) is 3.97. The van der Waals surface area contributed by atoms with Crippen LogP contribution in [0.1, 0.15) is 47.0 Å². The lowest BCUT2D eigenvalue weighted by molar-refractivity contribution is -0.132. The zero-order chi connectivity index (χ0) is 14.9. The highest BCUT2D eigenvalue weighted by Gasteiger charge is 2.32. The van der Waals surface area contributed by atoms with Crippen LogP contribution in [-0.2, 0) is 9.59 Å². The molecule has 0 saturated heterocycles. The van der Waals surface area contributed by atoms with Gasteiger partial charge in [-0.05, 0) is 26.7 Å². The molecule has 5 nitrogen and oxygen atoms in total. The first-order valence-electron chi connectivity index (χ1n) is 7.27. The van der Waals surface area contributed by atoms with Gasteiger partial charge in [0.05, 0.1) is 5.41 Å². The Morgan fingerprint density at radius 3 is 2.00 bits per heavy atom. The van der Waals surface area contributed by atoms with Gasteiger partial charge in [-0.2, -0.15) is 0 Å². The SMILES string of the molecule is CCN(CC)C(=O)CCNC(=O)C(CC)(CC)CN. The van der Waals surface area contributed by atoms with Gasteiger partial charge in [0.15, 0.2) is 0 Å². The predicted octanol–water partition coefficient (Wildman–Crippen LogP) is 1.13. The van der Waals surface area contributed by atoms with Crippen molar-refractivity contribution in [1.29, 1.82) is 0 Å². The molecule has 0 aliphatic heterocycles. The van der Waals surface area contributed by atoms with E-state index in [0.29, 0.717) is 32.6 Å². The van der Waals surface area contributed by atoms with Gasteiger partial charge in [-0.3, -0.25) is 9.59 Å². The molecule has 0 atom stereocenters. The van der Waals surface area contributed by atoms with Crippen molar-refractivity contribution in [3.05, 3.63) is 0 Å². The van der Waals surface area contributed by atoms with E-state index in [2.05, 4.69) is 5.32 Å². The highest BCUT2D eigenvalue weighted by Crippen LogP contribution is 2.24. The van der Waals surface area contributed by atoms with E-state index >= 15 is 0 Å². The van der Waals surface area contributed by atoms with Gasteiger partial charge in [-0.25, -0.2) is 0 Å². The van der Waals surface area contributed by atoms with Gasteiger partial charge in [0.2, 0.25) is 11.8 Å². The molecule has 2 amide bonds. The Labute approximate surface area is 116 Å². The molecule has 0 unspecified atom stereocenters. The maximum absolute atomic E-state index is 12.1. The maximum atomic E-state index is 12.1. The molecule has 0 aromatic carbocycles. The molecule has 112 valence electrons. The van der Waals surface area contributed by atoms with Crippen LogP contribution in [0.2, 0.25) is 0 Å². The fraction of sp³-hybridized carbons (Fsp3) is 0.857. The first kappa shape index (κ1) is 17.9. The van der Waals surface area contributed by atoms with Gasteiger partial charge in [0.25, 0.3) is 0 Å². The second-order valence-electron chi connectivity index (χ2n) is 4.76. The van der Waals surface area contributed by atoms with Crippen LogP contribution < -0.4 is 11.1 Å². The van der Waals surface area contributed by atoms with Gasteiger partial charge in [0.1, 0.15) is 0 Å². The van der Waals surface area contributed by atoms with E-state index in [9.17, 15) is 9.59 Å². The molecule has 0 heterocycles. The number of hydrogen-bond acceptors (Lipinski definition) is 3. The van der Waals surface area contributed by atoms with Crippen molar-refractivity contribution in [1.82, 2.24) is 10.2 Å². The van der Waals surface area contributed by atoms with Crippen molar-refractivity contribution in [3.63, 3.8) is 0 Å². The second kappa shape index (κ2) is 8.91. The minimum absolute atomic E-state index is 0.0349. The third-order valence-corrected chi connectivity index (χ3v) is 3.97. The Balaban J connectivity index is 4.27.